The first kappa shape index (κ1) is 16.2. The molecular weight excluding hydrogens is 350 g/mol. The Labute approximate surface area is 152 Å². The summed E-state index contributed by atoms with van der Waals surface area (Å²) in [7, 11) is 0. The summed E-state index contributed by atoms with van der Waals surface area (Å²) in [5.41, 5.74) is 2.58. The van der Waals surface area contributed by atoms with Crippen molar-refractivity contribution in [2.75, 3.05) is 5.32 Å². The lowest BCUT2D eigenvalue weighted by atomic mass is 10.1. The maximum Gasteiger partial charge on any atom is 0.298 e. The Kier molecular flexibility index (Phi) is 4.52. The molecule has 0 radical (unpaired) electrons. The molecule has 0 spiro atoms. The highest BCUT2D eigenvalue weighted by Crippen LogP contribution is 2.16. The van der Waals surface area contributed by atoms with Gasteiger partial charge in [0.25, 0.3) is 5.56 Å². The minimum Gasteiger partial charge on any atom is -0.335 e. The average molecular weight is 365 g/mol. The quantitative estimate of drug-likeness (QED) is 0.544. The number of hydrogen-bond acceptors (Lipinski definition) is 7. The van der Waals surface area contributed by atoms with E-state index in [1.54, 1.807) is 28.3 Å². The SMILES string of the molecule is O=c1c(Nc2ccsc2)nccn1-c1ccc(CCc2nn[nH]n2)cc1. The van der Waals surface area contributed by atoms with Crippen molar-refractivity contribution >= 4 is 22.8 Å². The van der Waals surface area contributed by atoms with Crippen molar-refractivity contribution in [3.63, 3.8) is 0 Å². The van der Waals surface area contributed by atoms with Crippen LogP contribution in [0.4, 0.5) is 11.5 Å². The molecule has 2 N–H and O–H groups in total. The van der Waals surface area contributed by atoms with Gasteiger partial charge in [-0.25, -0.2) is 4.98 Å². The van der Waals surface area contributed by atoms with Gasteiger partial charge in [0.2, 0.25) is 0 Å². The second-order valence-electron chi connectivity index (χ2n) is 5.58. The molecule has 0 fully saturated rings. The Morgan fingerprint density at radius 3 is 2.77 bits per heavy atom. The summed E-state index contributed by atoms with van der Waals surface area (Å²) in [6.45, 7) is 0. The Morgan fingerprint density at radius 2 is 2.04 bits per heavy atom. The van der Waals surface area contributed by atoms with Crippen molar-refractivity contribution in [2.24, 2.45) is 0 Å². The number of anilines is 2. The van der Waals surface area contributed by atoms with E-state index in [1.807, 2.05) is 41.1 Å². The molecular formula is C17H15N7OS. The molecule has 0 bridgehead atoms. The third-order valence-electron chi connectivity index (χ3n) is 3.87. The number of nitrogens with one attached hydrogen (secondary N) is 2. The standard InChI is InChI=1S/C17H15N7OS/c25-17-16(19-13-7-10-26-11-13)18-8-9-24(17)14-4-1-12(2-5-14)3-6-15-20-22-23-21-15/h1-2,4-5,7-11H,3,6H2,(H,18,19)(H,20,21,22,23). The van der Waals surface area contributed by atoms with Gasteiger partial charge in [-0.15, -0.1) is 10.2 Å². The number of aromatic amines is 1. The normalized spacial score (nSPS) is 10.8. The lowest BCUT2D eigenvalue weighted by molar-refractivity contribution is 0.863. The van der Waals surface area contributed by atoms with Crippen LogP contribution in [0.15, 0.2) is 58.3 Å². The van der Waals surface area contributed by atoms with E-state index in [9.17, 15) is 4.79 Å². The molecule has 8 nitrogen and oxygen atoms in total. The summed E-state index contributed by atoms with van der Waals surface area (Å²) in [6, 6.07) is 9.73. The number of H-pyrrole nitrogens is 1. The fourth-order valence-corrected chi connectivity index (χ4v) is 3.13. The second-order valence-corrected chi connectivity index (χ2v) is 6.36. The zero-order chi connectivity index (χ0) is 17.8. The molecule has 4 aromatic rings. The molecule has 1 aromatic carbocycles. The number of aromatic nitrogens is 6. The van der Waals surface area contributed by atoms with E-state index in [0.717, 1.165) is 23.4 Å². The largest absolute Gasteiger partial charge is 0.335 e. The summed E-state index contributed by atoms with van der Waals surface area (Å²) >= 11 is 1.56. The molecule has 0 saturated carbocycles. The van der Waals surface area contributed by atoms with Gasteiger partial charge in [-0.05, 0) is 35.6 Å². The highest BCUT2D eigenvalue weighted by Gasteiger charge is 2.07. The van der Waals surface area contributed by atoms with Crippen LogP contribution in [0.5, 0.6) is 0 Å². The lowest BCUT2D eigenvalue weighted by Gasteiger charge is -2.09. The molecule has 0 atom stereocenters. The Morgan fingerprint density at radius 1 is 1.15 bits per heavy atom. The molecule has 130 valence electrons. The molecule has 3 heterocycles. The number of hydrogen-bond donors (Lipinski definition) is 2. The zero-order valence-electron chi connectivity index (χ0n) is 13.7. The van der Waals surface area contributed by atoms with Crippen LogP contribution in [0, 0.1) is 0 Å². The fraction of sp³-hybridized carbons (Fsp3) is 0.118. The molecule has 0 aliphatic rings. The van der Waals surface area contributed by atoms with Gasteiger partial charge in [-0.2, -0.15) is 16.6 Å². The summed E-state index contributed by atoms with van der Waals surface area (Å²) in [5.74, 6) is 0.982. The van der Waals surface area contributed by atoms with Crippen LogP contribution in [-0.4, -0.2) is 30.2 Å². The first-order valence-electron chi connectivity index (χ1n) is 7.98. The van der Waals surface area contributed by atoms with Crippen LogP contribution >= 0.6 is 11.3 Å². The fourth-order valence-electron chi connectivity index (χ4n) is 2.54. The topological polar surface area (TPSA) is 101 Å². The highest BCUT2D eigenvalue weighted by atomic mass is 32.1. The molecule has 26 heavy (non-hydrogen) atoms. The Balaban J connectivity index is 1.52. The molecule has 0 saturated heterocycles. The van der Waals surface area contributed by atoms with Gasteiger partial charge in [-0.1, -0.05) is 17.3 Å². The van der Waals surface area contributed by atoms with Crippen molar-refractivity contribution in [1.29, 1.82) is 0 Å². The molecule has 0 amide bonds. The van der Waals surface area contributed by atoms with E-state index < -0.39 is 0 Å². The van der Waals surface area contributed by atoms with E-state index in [0.29, 0.717) is 18.1 Å². The number of rotatable bonds is 6. The number of aryl methyl sites for hydroxylation is 2. The third kappa shape index (κ3) is 3.52. The minimum absolute atomic E-state index is 0.196. The van der Waals surface area contributed by atoms with Crippen LogP contribution in [0.2, 0.25) is 0 Å². The Bertz CT molecular complexity index is 1020. The van der Waals surface area contributed by atoms with Gasteiger partial charge in [0.1, 0.15) is 0 Å². The molecule has 0 aliphatic heterocycles. The van der Waals surface area contributed by atoms with E-state index in [1.165, 1.54) is 0 Å². The molecule has 9 heteroatoms. The van der Waals surface area contributed by atoms with Crippen molar-refractivity contribution in [1.82, 2.24) is 30.2 Å². The first-order chi connectivity index (χ1) is 12.8. The second kappa shape index (κ2) is 7.28. The van der Waals surface area contributed by atoms with E-state index >= 15 is 0 Å². The summed E-state index contributed by atoms with van der Waals surface area (Å²) < 4.78 is 1.57. The minimum atomic E-state index is -0.196. The smallest absolute Gasteiger partial charge is 0.298 e. The van der Waals surface area contributed by atoms with E-state index in [-0.39, 0.29) is 5.56 Å². The number of nitrogens with zero attached hydrogens (tertiary/aromatic N) is 5. The van der Waals surface area contributed by atoms with Crippen molar-refractivity contribution < 1.29 is 0 Å². The van der Waals surface area contributed by atoms with Gasteiger partial charge >= 0.3 is 0 Å². The Hall–Kier alpha value is -3.33. The maximum atomic E-state index is 12.7. The summed E-state index contributed by atoms with van der Waals surface area (Å²) in [5, 5.41) is 20.8. The van der Waals surface area contributed by atoms with E-state index in [4.69, 9.17) is 0 Å². The average Bonchev–Trinajstić information content (AvgIpc) is 3.36. The van der Waals surface area contributed by atoms with Gasteiger partial charge in [-0.3, -0.25) is 9.36 Å². The molecule has 3 aromatic heterocycles. The lowest BCUT2D eigenvalue weighted by Crippen LogP contribution is -2.21. The summed E-state index contributed by atoms with van der Waals surface area (Å²) in [4.78, 5) is 16.8. The van der Waals surface area contributed by atoms with Crippen LogP contribution in [-0.2, 0) is 12.8 Å². The first-order valence-corrected chi connectivity index (χ1v) is 8.92. The molecule has 4 rings (SSSR count). The zero-order valence-corrected chi connectivity index (χ0v) is 14.5. The van der Waals surface area contributed by atoms with Crippen LogP contribution in [0.3, 0.4) is 0 Å². The molecule has 0 unspecified atom stereocenters. The summed E-state index contributed by atoms with van der Waals surface area (Å²) in [6.07, 6.45) is 4.78. The van der Waals surface area contributed by atoms with E-state index in [2.05, 4.69) is 30.9 Å². The number of tetrazole rings is 1. The van der Waals surface area contributed by atoms with Crippen LogP contribution in [0.25, 0.3) is 5.69 Å². The number of benzene rings is 1. The molecule has 0 aliphatic carbocycles. The van der Waals surface area contributed by atoms with Gasteiger partial charge in [0, 0.05) is 29.9 Å². The van der Waals surface area contributed by atoms with Crippen molar-refractivity contribution in [3.05, 3.63) is 75.2 Å². The van der Waals surface area contributed by atoms with Gasteiger partial charge < -0.3 is 5.32 Å². The van der Waals surface area contributed by atoms with Crippen LogP contribution in [0.1, 0.15) is 11.4 Å². The van der Waals surface area contributed by atoms with Crippen molar-refractivity contribution in [2.45, 2.75) is 12.8 Å². The van der Waals surface area contributed by atoms with Crippen molar-refractivity contribution in [3.8, 4) is 5.69 Å². The predicted molar refractivity (Wildman–Crippen MR) is 99.0 cm³/mol. The number of thiophene rings is 1. The van der Waals surface area contributed by atoms with Gasteiger partial charge in [0.15, 0.2) is 11.6 Å². The van der Waals surface area contributed by atoms with Gasteiger partial charge in [0.05, 0.1) is 5.69 Å². The monoisotopic (exact) mass is 365 g/mol. The highest BCUT2D eigenvalue weighted by molar-refractivity contribution is 7.08. The van der Waals surface area contributed by atoms with Crippen LogP contribution < -0.4 is 10.9 Å². The predicted octanol–water partition coefficient (Wildman–Crippen LogP) is 2.34. The maximum absolute atomic E-state index is 12.7. The third-order valence-corrected chi connectivity index (χ3v) is 4.55.